The van der Waals surface area contributed by atoms with Crippen LogP contribution in [0.5, 0.6) is 0 Å². The van der Waals surface area contributed by atoms with Gasteiger partial charge in [0.15, 0.2) is 5.13 Å². The van der Waals surface area contributed by atoms with Crippen molar-refractivity contribution in [2.24, 2.45) is 0 Å². The number of aromatic nitrogens is 1. The molecule has 1 aromatic rings. The van der Waals surface area contributed by atoms with Gasteiger partial charge in [-0.25, -0.2) is 4.98 Å². The Hall–Kier alpha value is -0.770. The van der Waals surface area contributed by atoms with E-state index in [0.29, 0.717) is 10.1 Å². The van der Waals surface area contributed by atoms with Crippen LogP contribution in [0, 0.1) is 6.92 Å². The molecule has 0 saturated heterocycles. The fourth-order valence-corrected chi connectivity index (χ4v) is 1.03. The van der Waals surface area contributed by atoms with Gasteiger partial charge in [0.2, 0.25) is 0 Å². The molecule has 0 aromatic carbocycles. The zero-order chi connectivity index (χ0) is 6.15. The van der Waals surface area contributed by atoms with Gasteiger partial charge in [-0.2, -0.15) is 0 Å². The Bertz CT molecular complexity index is 174. The number of nitrogens with two attached hydrogens (primary N) is 2. The topological polar surface area (TPSA) is 64.9 Å². The van der Waals surface area contributed by atoms with E-state index in [2.05, 4.69) is 4.98 Å². The largest absolute Gasteiger partial charge is 0.389 e. The van der Waals surface area contributed by atoms with Crippen LogP contribution in [0.2, 0.25) is 0 Å². The number of thiazole rings is 1. The Labute approximate surface area is 51.3 Å². The summed E-state index contributed by atoms with van der Waals surface area (Å²) in [7, 11) is 0. The monoisotopic (exact) mass is 129 g/mol. The van der Waals surface area contributed by atoms with Gasteiger partial charge in [0.1, 0.15) is 5.00 Å². The van der Waals surface area contributed by atoms with Crippen molar-refractivity contribution in [3.05, 3.63) is 5.69 Å². The zero-order valence-corrected chi connectivity index (χ0v) is 5.33. The summed E-state index contributed by atoms with van der Waals surface area (Å²) in [4.78, 5) is 3.88. The van der Waals surface area contributed by atoms with E-state index >= 15 is 0 Å². The van der Waals surface area contributed by atoms with Gasteiger partial charge in [0, 0.05) is 0 Å². The summed E-state index contributed by atoms with van der Waals surface area (Å²) in [5.41, 5.74) is 11.5. The quantitative estimate of drug-likeness (QED) is 0.539. The van der Waals surface area contributed by atoms with Crippen molar-refractivity contribution >= 4 is 21.5 Å². The van der Waals surface area contributed by atoms with Crippen molar-refractivity contribution in [3.63, 3.8) is 0 Å². The molecule has 44 valence electrons. The van der Waals surface area contributed by atoms with Crippen molar-refractivity contribution in [1.82, 2.24) is 4.98 Å². The predicted octanol–water partition coefficient (Wildman–Crippen LogP) is 0.616. The summed E-state index contributed by atoms with van der Waals surface area (Å²) < 4.78 is 0. The minimum absolute atomic E-state index is 0.542. The first-order chi connectivity index (χ1) is 3.70. The maximum atomic E-state index is 5.42. The van der Waals surface area contributed by atoms with E-state index < -0.39 is 0 Å². The second-order valence-electron chi connectivity index (χ2n) is 1.50. The maximum Gasteiger partial charge on any atom is 0.182 e. The minimum atomic E-state index is 0.542. The molecule has 0 radical (unpaired) electrons. The summed E-state index contributed by atoms with van der Waals surface area (Å²) in [6, 6.07) is 0. The van der Waals surface area contributed by atoms with Crippen molar-refractivity contribution in [2.45, 2.75) is 6.92 Å². The fourth-order valence-electron chi connectivity index (χ4n) is 0.430. The minimum Gasteiger partial charge on any atom is -0.389 e. The fraction of sp³-hybridized carbons (Fsp3) is 0.250. The van der Waals surface area contributed by atoms with Crippen molar-refractivity contribution in [1.29, 1.82) is 0 Å². The Morgan fingerprint density at radius 1 is 1.50 bits per heavy atom. The average Bonchev–Trinajstić information content (AvgIpc) is 1.85. The lowest BCUT2D eigenvalue weighted by Gasteiger charge is -1.78. The molecule has 0 bridgehead atoms. The first-order valence-electron chi connectivity index (χ1n) is 2.18. The Morgan fingerprint density at radius 2 is 2.12 bits per heavy atom. The molecule has 0 amide bonds. The first-order valence-corrected chi connectivity index (χ1v) is 3.00. The summed E-state index contributed by atoms with van der Waals surface area (Å²) in [5, 5.41) is 1.25. The lowest BCUT2D eigenvalue weighted by molar-refractivity contribution is 1.28. The normalized spacial score (nSPS) is 9.62. The van der Waals surface area contributed by atoms with Crippen LogP contribution < -0.4 is 11.5 Å². The van der Waals surface area contributed by atoms with Crippen molar-refractivity contribution < 1.29 is 0 Å². The standard InChI is InChI=1S/C4H7N3S/c1-2-3(5)8-4(6)7-2/h5H2,1H3,(H2,6,7). The van der Waals surface area contributed by atoms with Crippen LogP contribution in [0.3, 0.4) is 0 Å². The van der Waals surface area contributed by atoms with Crippen molar-refractivity contribution in [2.75, 3.05) is 11.5 Å². The van der Waals surface area contributed by atoms with E-state index in [-0.39, 0.29) is 0 Å². The number of nitrogen functional groups attached to an aromatic ring is 2. The van der Waals surface area contributed by atoms with Gasteiger partial charge in [-0.15, -0.1) is 0 Å². The molecule has 0 atom stereocenters. The van der Waals surface area contributed by atoms with Crippen LogP contribution in [-0.4, -0.2) is 4.98 Å². The predicted molar refractivity (Wildman–Crippen MR) is 35.7 cm³/mol. The van der Waals surface area contributed by atoms with Crippen LogP contribution in [0.15, 0.2) is 0 Å². The molecule has 0 aliphatic carbocycles. The molecule has 1 rings (SSSR count). The molecule has 0 aliphatic rings. The molecule has 0 fully saturated rings. The highest BCUT2D eigenvalue weighted by Crippen LogP contribution is 2.20. The van der Waals surface area contributed by atoms with Crippen LogP contribution in [0.1, 0.15) is 5.69 Å². The third-order valence-corrected chi connectivity index (χ3v) is 1.66. The van der Waals surface area contributed by atoms with E-state index in [1.165, 1.54) is 11.3 Å². The summed E-state index contributed by atoms with van der Waals surface area (Å²) in [5.74, 6) is 0. The van der Waals surface area contributed by atoms with Gasteiger partial charge in [-0.1, -0.05) is 11.3 Å². The van der Waals surface area contributed by atoms with Gasteiger partial charge in [-0.05, 0) is 6.92 Å². The number of anilines is 2. The highest BCUT2D eigenvalue weighted by atomic mass is 32.1. The second kappa shape index (κ2) is 1.63. The van der Waals surface area contributed by atoms with Gasteiger partial charge in [0.05, 0.1) is 5.69 Å². The van der Waals surface area contributed by atoms with Gasteiger partial charge in [0.25, 0.3) is 0 Å². The molecule has 0 spiro atoms. The molecule has 1 aromatic heterocycles. The third kappa shape index (κ3) is 0.742. The molecule has 4 heteroatoms. The third-order valence-electron chi connectivity index (χ3n) is 0.849. The molecule has 0 unspecified atom stereocenters. The van der Waals surface area contributed by atoms with E-state index in [1.54, 1.807) is 0 Å². The summed E-state index contributed by atoms with van der Waals surface area (Å²) in [6.07, 6.45) is 0. The second-order valence-corrected chi connectivity index (χ2v) is 2.56. The highest BCUT2D eigenvalue weighted by Gasteiger charge is 1.97. The number of nitrogens with zero attached hydrogens (tertiary/aromatic N) is 1. The molecule has 0 aliphatic heterocycles. The lowest BCUT2D eigenvalue weighted by Crippen LogP contribution is -1.82. The first kappa shape index (κ1) is 5.37. The van der Waals surface area contributed by atoms with Crippen LogP contribution in [0.25, 0.3) is 0 Å². The van der Waals surface area contributed by atoms with Gasteiger partial charge < -0.3 is 11.5 Å². The molecule has 3 nitrogen and oxygen atoms in total. The van der Waals surface area contributed by atoms with Crippen LogP contribution in [0.4, 0.5) is 10.1 Å². The van der Waals surface area contributed by atoms with Gasteiger partial charge in [-0.3, -0.25) is 0 Å². The smallest absolute Gasteiger partial charge is 0.182 e. The summed E-state index contributed by atoms with van der Waals surface area (Å²) >= 11 is 1.31. The van der Waals surface area contributed by atoms with E-state index in [1.807, 2.05) is 6.92 Å². The number of aryl methyl sites for hydroxylation is 1. The summed E-state index contributed by atoms with van der Waals surface area (Å²) in [6.45, 7) is 1.84. The zero-order valence-electron chi connectivity index (χ0n) is 4.51. The number of hydrogen-bond donors (Lipinski definition) is 2. The molecular formula is C4H7N3S. The van der Waals surface area contributed by atoms with E-state index in [0.717, 1.165) is 5.69 Å². The number of rotatable bonds is 0. The number of hydrogen-bond acceptors (Lipinski definition) is 4. The average molecular weight is 129 g/mol. The van der Waals surface area contributed by atoms with E-state index in [4.69, 9.17) is 11.5 Å². The Morgan fingerprint density at radius 3 is 2.25 bits per heavy atom. The van der Waals surface area contributed by atoms with Crippen LogP contribution in [-0.2, 0) is 0 Å². The highest BCUT2D eigenvalue weighted by molar-refractivity contribution is 7.19. The maximum absolute atomic E-state index is 5.42. The molecule has 0 saturated carbocycles. The van der Waals surface area contributed by atoms with Gasteiger partial charge >= 0.3 is 0 Å². The molecular weight excluding hydrogens is 122 g/mol. The molecule has 1 heterocycles. The molecule has 4 N–H and O–H groups in total. The van der Waals surface area contributed by atoms with Crippen LogP contribution >= 0.6 is 11.3 Å². The Balaban J connectivity index is 3.14. The van der Waals surface area contributed by atoms with Crippen molar-refractivity contribution in [3.8, 4) is 0 Å². The van der Waals surface area contributed by atoms with E-state index in [9.17, 15) is 0 Å². The SMILES string of the molecule is Cc1nc(N)sc1N. The Kier molecular flexibility index (Phi) is 1.09. The lowest BCUT2D eigenvalue weighted by atomic mass is 10.5. The molecule has 8 heavy (non-hydrogen) atoms.